The van der Waals surface area contributed by atoms with E-state index in [2.05, 4.69) is 10.3 Å². The largest absolute Gasteiger partial charge is 0.478 e. The number of urea groups is 1. The molecule has 0 aliphatic carbocycles. The smallest absolute Gasteiger partial charge is 0.338 e. The number of carboxylic acids is 1. The third-order valence-corrected chi connectivity index (χ3v) is 7.13. The van der Waals surface area contributed by atoms with E-state index in [1.807, 2.05) is 0 Å². The number of fused-ring (bicyclic) bond motifs is 1. The van der Waals surface area contributed by atoms with Crippen molar-refractivity contribution in [3.8, 4) is 0 Å². The number of nitrogens with one attached hydrogen (secondary N) is 1. The van der Waals surface area contributed by atoms with Gasteiger partial charge in [0, 0.05) is 31.5 Å². The molecule has 0 radical (unpaired) electrons. The lowest BCUT2D eigenvalue weighted by Crippen LogP contribution is -2.48. The summed E-state index contributed by atoms with van der Waals surface area (Å²) in [6, 6.07) is 12.4. The first kappa shape index (κ1) is 22.9. The van der Waals surface area contributed by atoms with E-state index in [-0.39, 0.29) is 34.8 Å². The van der Waals surface area contributed by atoms with Crippen molar-refractivity contribution in [3.05, 3.63) is 89.2 Å². The highest BCUT2D eigenvalue weighted by Crippen LogP contribution is 2.35. The summed E-state index contributed by atoms with van der Waals surface area (Å²) in [6.07, 6.45) is 3.20. The van der Waals surface area contributed by atoms with Crippen LogP contribution in [0.1, 0.15) is 31.8 Å². The number of rotatable bonds is 6. The summed E-state index contributed by atoms with van der Waals surface area (Å²) in [4.78, 5) is 41.5. The van der Waals surface area contributed by atoms with E-state index in [1.165, 1.54) is 54.4 Å². The molecule has 1 aliphatic rings. The summed E-state index contributed by atoms with van der Waals surface area (Å²) in [7, 11) is -2.83. The summed E-state index contributed by atoms with van der Waals surface area (Å²) in [5.74, 6) is -1.58. The molecule has 2 N–H and O–H groups in total. The van der Waals surface area contributed by atoms with E-state index >= 15 is 0 Å². The van der Waals surface area contributed by atoms with Crippen molar-refractivity contribution < 1.29 is 27.9 Å². The number of sulfonamides is 1. The quantitative estimate of drug-likeness (QED) is 0.553. The first-order chi connectivity index (χ1) is 16.2. The number of pyridine rings is 1. The van der Waals surface area contributed by atoms with Crippen molar-refractivity contribution in [1.82, 2.24) is 14.6 Å². The molecule has 34 heavy (non-hydrogen) atoms. The van der Waals surface area contributed by atoms with Crippen LogP contribution < -0.4 is 10.2 Å². The zero-order valence-electron chi connectivity index (χ0n) is 18.0. The van der Waals surface area contributed by atoms with Gasteiger partial charge < -0.3 is 10.4 Å². The predicted molar refractivity (Wildman–Crippen MR) is 122 cm³/mol. The number of carbonyl (C=O) groups is 3. The molecule has 11 heteroatoms. The van der Waals surface area contributed by atoms with Crippen molar-refractivity contribution >= 4 is 33.6 Å². The number of aromatic carboxylic acids is 1. The van der Waals surface area contributed by atoms with Gasteiger partial charge in [0.05, 0.1) is 17.8 Å². The fourth-order valence-corrected chi connectivity index (χ4v) is 5.12. The van der Waals surface area contributed by atoms with E-state index in [4.69, 9.17) is 5.11 Å². The second-order valence-corrected chi connectivity index (χ2v) is 9.41. The molecule has 2 heterocycles. The molecule has 1 aliphatic heterocycles. The molecule has 4 rings (SSSR count). The Labute approximate surface area is 195 Å². The van der Waals surface area contributed by atoms with Crippen LogP contribution in [0.2, 0.25) is 0 Å². The van der Waals surface area contributed by atoms with Gasteiger partial charge in [-0.3, -0.25) is 14.7 Å². The number of hydrogen-bond donors (Lipinski definition) is 2. The number of aromatic nitrogens is 1. The molecular formula is C23H20N4O6S. The van der Waals surface area contributed by atoms with Gasteiger partial charge in [0.2, 0.25) is 0 Å². The number of anilines is 1. The Balaban J connectivity index is 1.61. The van der Waals surface area contributed by atoms with Crippen molar-refractivity contribution in [2.45, 2.75) is 18.0 Å². The average Bonchev–Trinajstić information content (AvgIpc) is 2.84. The normalized spacial score (nSPS) is 14.4. The second kappa shape index (κ2) is 8.94. The Bertz CT molecular complexity index is 1370. The highest BCUT2D eigenvalue weighted by atomic mass is 32.2. The van der Waals surface area contributed by atoms with Crippen LogP contribution in [0.3, 0.4) is 0 Å². The second-order valence-electron chi connectivity index (χ2n) is 7.58. The van der Waals surface area contributed by atoms with Crippen LogP contribution in [0, 0.1) is 0 Å². The van der Waals surface area contributed by atoms with E-state index < -0.39 is 27.9 Å². The minimum Gasteiger partial charge on any atom is -0.478 e. The number of benzene rings is 2. The van der Waals surface area contributed by atoms with E-state index in [1.54, 1.807) is 24.5 Å². The van der Waals surface area contributed by atoms with Crippen LogP contribution >= 0.6 is 0 Å². The Morgan fingerprint density at radius 2 is 1.62 bits per heavy atom. The fourth-order valence-electron chi connectivity index (χ4n) is 3.49. The molecule has 0 spiro atoms. The Hall–Kier alpha value is -4.25. The van der Waals surface area contributed by atoms with E-state index in [9.17, 15) is 22.8 Å². The SMILES string of the molecule is CN1C(=O)N(Cc2ccc(C(=O)O)cc2)S(=O)(=O)c2cc(C(=O)NCc3ccncc3)ccc21. The van der Waals surface area contributed by atoms with Gasteiger partial charge in [-0.15, -0.1) is 0 Å². The standard InChI is InChI=1S/C23H20N4O6S/c1-26-19-7-6-18(21(28)25-13-15-8-10-24-11-9-15)12-20(19)34(32,33)27(23(26)31)14-16-2-4-17(5-3-16)22(29)30/h2-12H,13-14H2,1H3,(H,25,28)(H,29,30). The fraction of sp³-hybridized carbons (Fsp3) is 0.130. The first-order valence-corrected chi connectivity index (χ1v) is 11.6. The monoisotopic (exact) mass is 480 g/mol. The molecule has 0 saturated heterocycles. The van der Waals surface area contributed by atoms with Gasteiger partial charge in [0.25, 0.3) is 15.9 Å². The van der Waals surface area contributed by atoms with Crippen molar-refractivity contribution in [3.63, 3.8) is 0 Å². The van der Waals surface area contributed by atoms with Crippen LogP contribution in [-0.4, -0.2) is 47.8 Å². The summed E-state index contributed by atoms with van der Waals surface area (Å²) >= 11 is 0. The highest BCUT2D eigenvalue weighted by molar-refractivity contribution is 7.90. The molecule has 0 saturated carbocycles. The van der Waals surface area contributed by atoms with Gasteiger partial charge in [-0.2, -0.15) is 0 Å². The molecule has 0 atom stereocenters. The van der Waals surface area contributed by atoms with Gasteiger partial charge in [0.15, 0.2) is 0 Å². The van der Waals surface area contributed by atoms with Crippen molar-refractivity contribution in [2.24, 2.45) is 0 Å². The maximum atomic E-state index is 13.3. The molecule has 2 aromatic carbocycles. The van der Waals surface area contributed by atoms with Crippen LogP contribution in [0.15, 0.2) is 71.9 Å². The minimum atomic E-state index is -4.28. The molecule has 174 valence electrons. The lowest BCUT2D eigenvalue weighted by Gasteiger charge is -2.34. The molecular weight excluding hydrogens is 460 g/mol. The zero-order valence-corrected chi connectivity index (χ0v) is 18.8. The number of carboxylic acid groups (broad SMARTS) is 1. The molecule has 0 bridgehead atoms. The lowest BCUT2D eigenvalue weighted by atomic mass is 10.1. The Morgan fingerprint density at radius 1 is 0.971 bits per heavy atom. The Morgan fingerprint density at radius 3 is 2.26 bits per heavy atom. The van der Waals surface area contributed by atoms with E-state index in [0.717, 1.165) is 5.56 Å². The van der Waals surface area contributed by atoms with Crippen molar-refractivity contribution in [1.29, 1.82) is 0 Å². The third kappa shape index (κ3) is 4.33. The first-order valence-electron chi connectivity index (χ1n) is 10.1. The molecule has 10 nitrogen and oxygen atoms in total. The summed E-state index contributed by atoms with van der Waals surface area (Å²) in [5, 5.41) is 11.8. The van der Waals surface area contributed by atoms with Gasteiger partial charge in [-0.1, -0.05) is 12.1 Å². The zero-order chi connectivity index (χ0) is 24.5. The minimum absolute atomic E-state index is 0.0430. The molecule has 0 unspecified atom stereocenters. The number of carbonyl (C=O) groups excluding carboxylic acids is 2. The van der Waals surface area contributed by atoms with Gasteiger partial charge in [-0.05, 0) is 53.6 Å². The maximum Gasteiger partial charge on any atom is 0.338 e. The van der Waals surface area contributed by atoms with E-state index in [0.29, 0.717) is 9.87 Å². The van der Waals surface area contributed by atoms with Crippen LogP contribution in [0.25, 0.3) is 0 Å². The van der Waals surface area contributed by atoms with Gasteiger partial charge in [0.1, 0.15) is 4.90 Å². The van der Waals surface area contributed by atoms with Gasteiger partial charge in [-0.25, -0.2) is 22.3 Å². The van der Waals surface area contributed by atoms with Crippen LogP contribution in [0.4, 0.5) is 10.5 Å². The highest BCUT2D eigenvalue weighted by Gasteiger charge is 2.40. The predicted octanol–water partition coefficient (Wildman–Crippen LogP) is 2.47. The molecule has 0 fully saturated rings. The number of hydrogen-bond acceptors (Lipinski definition) is 6. The molecule has 1 aromatic heterocycles. The summed E-state index contributed by atoms with van der Waals surface area (Å²) < 4.78 is 27.4. The van der Waals surface area contributed by atoms with Gasteiger partial charge >= 0.3 is 12.0 Å². The average molecular weight is 481 g/mol. The number of amides is 3. The molecule has 3 aromatic rings. The third-order valence-electron chi connectivity index (χ3n) is 5.38. The Kier molecular flexibility index (Phi) is 6.03. The van der Waals surface area contributed by atoms with Crippen LogP contribution in [-0.2, 0) is 23.1 Å². The summed E-state index contributed by atoms with van der Waals surface area (Å²) in [6.45, 7) is -0.0502. The topological polar surface area (TPSA) is 137 Å². The number of nitrogens with zero attached hydrogens (tertiary/aromatic N) is 3. The lowest BCUT2D eigenvalue weighted by molar-refractivity contribution is 0.0696. The van der Waals surface area contributed by atoms with Crippen LogP contribution in [0.5, 0.6) is 0 Å². The molecule has 3 amide bonds. The van der Waals surface area contributed by atoms with Crippen molar-refractivity contribution in [2.75, 3.05) is 11.9 Å². The maximum absolute atomic E-state index is 13.3. The summed E-state index contributed by atoms with van der Waals surface area (Å²) in [5.41, 5.74) is 1.60.